The number of rotatable bonds is 5. The van der Waals surface area contributed by atoms with Crippen molar-refractivity contribution in [2.45, 2.75) is 13.3 Å². The zero-order valence-electron chi connectivity index (χ0n) is 10.4. The van der Waals surface area contributed by atoms with Gasteiger partial charge in [0, 0.05) is 5.02 Å². The molecule has 2 rings (SSSR count). The summed E-state index contributed by atoms with van der Waals surface area (Å²) in [6, 6.07) is 4.92. The summed E-state index contributed by atoms with van der Waals surface area (Å²) >= 11 is 5.87. The molecule has 1 aromatic carbocycles. The minimum atomic E-state index is -0.934. The molecule has 0 saturated heterocycles. The minimum absolute atomic E-state index is 0.310. The van der Waals surface area contributed by atoms with Crippen LogP contribution in [0.3, 0.4) is 0 Å². The Morgan fingerprint density at radius 1 is 1.47 bits per heavy atom. The van der Waals surface area contributed by atoms with Gasteiger partial charge in [0.2, 0.25) is 5.91 Å². The first-order chi connectivity index (χ1) is 9.02. The highest BCUT2D eigenvalue weighted by Gasteiger charge is 2.48. The number of ether oxygens (including phenoxy) is 1. The Morgan fingerprint density at radius 2 is 2.21 bits per heavy atom. The fraction of sp³-hybridized carbons (Fsp3) is 0.385. The van der Waals surface area contributed by atoms with Crippen LogP contribution >= 0.6 is 11.6 Å². The lowest BCUT2D eigenvalue weighted by Crippen LogP contribution is -2.17. The van der Waals surface area contributed by atoms with Gasteiger partial charge in [-0.05, 0) is 31.5 Å². The normalized spacial score (nSPS) is 20.7. The number of hydrogen-bond acceptors (Lipinski definition) is 3. The van der Waals surface area contributed by atoms with Crippen LogP contribution in [0.15, 0.2) is 18.2 Å². The van der Waals surface area contributed by atoms with E-state index in [1.54, 1.807) is 18.2 Å². The third-order valence-electron chi connectivity index (χ3n) is 2.94. The number of benzene rings is 1. The van der Waals surface area contributed by atoms with Crippen LogP contribution in [0.2, 0.25) is 5.02 Å². The highest BCUT2D eigenvalue weighted by molar-refractivity contribution is 6.31. The van der Waals surface area contributed by atoms with E-state index >= 15 is 0 Å². The molecule has 2 N–H and O–H groups in total. The number of amides is 1. The van der Waals surface area contributed by atoms with Gasteiger partial charge in [0.15, 0.2) is 0 Å². The molecule has 19 heavy (non-hydrogen) atoms. The number of carbonyl (C=O) groups excluding carboxylic acids is 1. The Morgan fingerprint density at radius 3 is 2.79 bits per heavy atom. The maximum atomic E-state index is 11.9. The molecule has 5 nitrogen and oxygen atoms in total. The molecule has 1 saturated carbocycles. The second kappa shape index (κ2) is 5.48. The van der Waals surface area contributed by atoms with Crippen LogP contribution < -0.4 is 10.1 Å². The van der Waals surface area contributed by atoms with Gasteiger partial charge in [0.05, 0.1) is 24.1 Å². The molecule has 1 aliphatic carbocycles. The molecule has 0 aliphatic heterocycles. The largest absolute Gasteiger partial charge is 0.492 e. The maximum absolute atomic E-state index is 11.9. The molecule has 2 atom stereocenters. The number of hydrogen-bond donors (Lipinski definition) is 2. The van der Waals surface area contributed by atoms with Crippen LogP contribution in [-0.4, -0.2) is 23.6 Å². The van der Waals surface area contributed by atoms with E-state index in [-0.39, 0.29) is 5.91 Å². The summed E-state index contributed by atoms with van der Waals surface area (Å²) < 4.78 is 5.38. The first-order valence-corrected chi connectivity index (χ1v) is 6.36. The van der Waals surface area contributed by atoms with E-state index in [9.17, 15) is 9.59 Å². The van der Waals surface area contributed by atoms with Crippen LogP contribution in [-0.2, 0) is 9.59 Å². The molecule has 0 spiro atoms. The van der Waals surface area contributed by atoms with E-state index in [4.69, 9.17) is 21.4 Å². The Kier molecular flexibility index (Phi) is 3.95. The Bertz CT molecular complexity index is 517. The van der Waals surface area contributed by atoms with Gasteiger partial charge in [-0.3, -0.25) is 9.59 Å². The summed E-state index contributed by atoms with van der Waals surface area (Å²) in [6.07, 6.45) is 0.381. The van der Waals surface area contributed by atoms with Crippen molar-refractivity contribution in [2.75, 3.05) is 11.9 Å². The third kappa shape index (κ3) is 3.17. The van der Waals surface area contributed by atoms with Gasteiger partial charge < -0.3 is 15.2 Å². The quantitative estimate of drug-likeness (QED) is 0.870. The number of carboxylic acid groups (broad SMARTS) is 1. The molecule has 0 aromatic heterocycles. The summed E-state index contributed by atoms with van der Waals surface area (Å²) in [5, 5.41) is 11.9. The van der Waals surface area contributed by atoms with Crippen LogP contribution in [0.4, 0.5) is 5.69 Å². The van der Waals surface area contributed by atoms with Crippen LogP contribution in [0.5, 0.6) is 5.75 Å². The number of aliphatic carboxylic acids is 1. The summed E-state index contributed by atoms with van der Waals surface area (Å²) in [6.45, 7) is 2.30. The molecule has 1 aromatic rings. The second-order valence-corrected chi connectivity index (χ2v) is 4.79. The van der Waals surface area contributed by atoms with Crippen LogP contribution in [0.25, 0.3) is 0 Å². The SMILES string of the molecule is CCOc1ccc(Cl)cc1NC(=O)[C@@H]1C[C@@H]1C(=O)O. The standard InChI is InChI=1S/C13H14ClNO4/c1-2-19-11-4-3-7(14)5-10(11)15-12(16)8-6-9(8)13(17)18/h3-5,8-9H,2,6H2,1H3,(H,15,16)(H,17,18)/t8-,9+/m1/s1. The number of carbonyl (C=O) groups is 2. The molecule has 0 bridgehead atoms. The van der Waals surface area contributed by atoms with Gasteiger partial charge in [0.25, 0.3) is 0 Å². The predicted octanol–water partition coefficient (Wildman–Crippen LogP) is 2.40. The zero-order valence-corrected chi connectivity index (χ0v) is 11.1. The Labute approximate surface area is 115 Å². The average Bonchev–Trinajstić information content (AvgIpc) is 3.13. The molecular formula is C13H14ClNO4. The van der Waals surface area contributed by atoms with E-state index in [0.717, 1.165) is 0 Å². The minimum Gasteiger partial charge on any atom is -0.492 e. The van der Waals surface area contributed by atoms with E-state index in [1.807, 2.05) is 6.92 Å². The fourth-order valence-corrected chi connectivity index (χ4v) is 2.04. The number of halogens is 1. The fourth-order valence-electron chi connectivity index (χ4n) is 1.86. The van der Waals surface area contributed by atoms with Crippen molar-refractivity contribution in [1.82, 2.24) is 0 Å². The lowest BCUT2D eigenvalue weighted by atomic mass is 10.2. The van der Waals surface area contributed by atoms with Crippen molar-refractivity contribution in [3.05, 3.63) is 23.2 Å². The first-order valence-electron chi connectivity index (χ1n) is 5.99. The lowest BCUT2D eigenvalue weighted by molar-refractivity contribution is -0.139. The van der Waals surface area contributed by atoms with E-state index in [2.05, 4.69) is 5.32 Å². The molecule has 102 valence electrons. The van der Waals surface area contributed by atoms with Gasteiger partial charge in [-0.1, -0.05) is 11.6 Å². The van der Waals surface area contributed by atoms with E-state index in [1.165, 1.54) is 0 Å². The topological polar surface area (TPSA) is 75.6 Å². The van der Waals surface area contributed by atoms with Crippen molar-refractivity contribution >= 4 is 29.2 Å². The monoisotopic (exact) mass is 283 g/mol. The molecule has 6 heteroatoms. The van der Waals surface area contributed by atoms with Gasteiger partial charge >= 0.3 is 5.97 Å². The molecular weight excluding hydrogens is 270 g/mol. The highest BCUT2D eigenvalue weighted by atomic mass is 35.5. The van der Waals surface area contributed by atoms with Crippen LogP contribution in [0, 0.1) is 11.8 Å². The van der Waals surface area contributed by atoms with Crippen molar-refractivity contribution < 1.29 is 19.4 Å². The average molecular weight is 284 g/mol. The van der Waals surface area contributed by atoms with Gasteiger partial charge in [-0.25, -0.2) is 0 Å². The second-order valence-electron chi connectivity index (χ2n) is 4.35. The van der Waals surface area contributed by atoms with E-state index in [0.29, 0.717) is 29.5 Å². The highest BCUT2D eigenvalue weighted by Crippen LogP contribution is 2.40. The predicted molar refractivity (Wildman–Crippen MR) is 70.5 cm³/mol. The summed E-state index contributed by atoms with van der Waals surface area (Å²) in [4.78, 5) is 22.6. The smallest absolute Gasteiger partial charge is 0.307 e. The zero-order chi connectivity index (χ0) is 14.0. The van der Waals surface area contributed by atoms with Crippen molar-refractivity contribution in [3.63, 3.8) is 0 Å². The summed E-state index contributed by atoms with van der Waals surface area (Å²) in [5.41, 5.74) is 0.468. The lowest BCUT2D eigenvalue weighted by Gasteiger charge is -2.11. The van der Waals surface area contributed by atoms with Crippen molar-refractivity contribution in [3.8, 4) is 5.75 Å². The molecule has 0 heterocycles. The first kappa shape index (κ1) is 13.7. The molecule has 0 unspecified atom stereocenters. The number of nitrogens with one attached hydrogen (secondary N) is 1. The van der Waals surface area contributed by atoms with Crippen LogP contribution in [0.1, 0.15) is 13.3 Å². The maximum Gasteiger partial charge on any atom is 0.307 e. The van der Waals surface area contributed by atoms with Crippen molar-refractivity contribution in [1.29, 1.82) is 0 Å². The third-order valence-corrected chi connectivity index (χ3v) is 3.18. The molecule has 1 amide bonds. The van der Waals surface area contributed by atoms with Gasteiger partial charge in [-0.15, -0.1) is 0 Å². The molecule has 1 fully saturated rings. The molecule has 1 aliphatic rings. The van der Waals surface area contributed by atoms with Gasteiger partial charge in [0.1, 0.15) is 5.75 Å². The Balaban J connectivity index is 2.08. The number of carboxylic acids is 1. The van der Waals surface area contributed by atoms with E-state index < -0.39 is 17.8 Å². The number of anilines is 1. The van der Waals surface area contributed by atoms with Crippen molar-refractivity contribution in [2.24, 2.45) is 11.8 Å². The summed E-state index contributed by atoms with van der Waals surface area (Å²) in [7, 11) is 0. The molecule has 0 radical (unpaired) electrons. The Hall–Kier alpha value is -1.75. The van der Waals surface area contributed by atoms with Gasteiger partial charge in [-0.2, -0.15) is 0 Å². The summed E-state index contributed by atoms with van der Waals surface area (Å²) in [5.74, 6) is -1.76.